The SMILES string of the molecule is Cc1ccc(-n2nc(C)c(NC(=O)COC(=O)c3cccc(C)c3C)c2C)cc1. The molecule has 3 rings (SSSR count). The predicted molar refractivity (Wildman–Crippen MR) is 113 cm³/mol. The quantitative estimate of drug-likeness (QED) is 0.661. The third-order valence-electron chi connectivity index (χ3n) is 4.99. The molecule has 0 spiro atoms. The van der Waals surface area contributed by atoms with E-state index in [0.717, 1.165) is 28.1 Å². The van der Waals surface area contributed by atoms with Crippen molar-refractivity contribution in [2.45, 2.75) is 34.6 Å². The smallest absolute Gasteiger partial charge is 0.338 e. The van der Waals surface area contributed by atoms with Crippen LogP contribution in [-0.4, -0.2) is 28.3 Å². The fraction of sp³-hybridized carbons (Fsp3) is 0.261. The second-order valence-electron chi connectivity index (χ2n) is 7.16. The summed E-state index contributed by atoms with van der Waals surface area (Å²) in [5.41, 5.74) is 6.52. The molecule has 150 valence electrons. The molecule has 6 heteroatoms. The number of carbonyl (C=O) groups excluding carboxylic acids is 2. The number of carbonyl (C=O) groups is 2. The summed E-state index contributed by atoms with van der Waals surface area (Å²) in [6.45, 7) is 9.16. The lowest BCUT2D eigenvalue weighted by molar-refractivity contribution is -0.119. The van der Waals surface area contributed by atoms with Crippen molar-refractivity contribution in [1.82, 2.24) is 9.78 Å². The van der Waals surface area contributed by atoms with Crippen LogP contribution in [0.4, 0.5) is 5.69 Å². The van der Waals surface area contributed by atoms with Gasteiger partial charge in [0.15, 0.2) is 6.61 Å². The number of nitrogens with one attached hydrogen (secondary N) is 1. The molecule has 0 bridgehead atoms. The van der Waals surface area contributed by atoms with Crippen LogP contribution in [0.15, 0.2) is 42.5 Å². The number of amides is 1. The number of ether oxygens (including phenoxy) is 1. The van der Waals surface area contributed by atoms with E-state index in [-0.39, 0.29) is 6.61 Å². The van der Waals surface area contributed by atoms with Crippen LogP contribution in [0.3, 0.4) is 0 Å². The Hall–Kier alpha value is -3.41. The van der Waals surface area contributed by atoms with Crippen LogP contribution in [0.25, 0.3) is 5.69 Å². The lowest BCUT2D eigenvalue weighted by atomic mass is 10.0. The van der Waals surface area contributed by atoms with Gasteiger partial charge in [0.1, 0.15) is 0 Å². The largest absolute Gasteiger partial charge is 0.452 e. The van der Waals surface area contributed by atoms with E-state index in [4.69, 9.17) is 4.74 Å². The third-order valence-corrected chi connectivity index (χ3v) is 4.99. The number of nitrogens with zero attached hydrogens (tertiary/aromatic N) is 2. The van der Waals surface area contributed by atoms with Crippen LogP contribution in [0.2, 0.25) is 0 Å². The molecule has 1 amide bonds. The van der Waals surface area contributed by atoms with Crippen molar-refractivity contribution >= 4 is 17.6 Å². The predicted octanol–water partition coefficient (Wildman–Crippen LogP) is 4.21. The van der Waals surface area contributed by atoms with Gasteiger partial charge in [-0.2, -0.15) is 5.10 Å². The summed E-state index contributed by atoms with van der Waals surface area (Å²) < 4.78 is 6.99. The van der Waals surface area contributed by atoms with Crippen molar-refractivity contribution in [1.29, 1.82) is 0 Å². The second kappa shape index (κ2) is 8.31. The summed E-state index contributed by atoms with van der Waals surface area (Å²) in [6.07, 6.45) is 0. The first kappa shape index (κ1) is 20.3. The Bertz CT molecular complexity index is 1070. The first-order valence-electron chi connectivity index (χ1n) is 9.44. The standard InChI is InChI=1S/C23H25N3O3/c1-14-9-11-19(12-10-14)26-18(5)22(17(4)25-26)24-21(27)13-29-23(28)20-8-6-7-15(2)16(20)3/h6-12H,13H2,1-5H3,(H,24,27). The molecule has 1 aromatic heterocycles. The Kier molecular flexibility index (Phi) is 5.82. The molecule has 0 fully saturated rings. The molecule has 6 nitrogen and oxygen atoms in total. The van der Waals surface area contributed by atoms with Gasteiger partial charge in [0.25, 0.3) is 5.91 Å². The van der Waals surface area contributed by atoms with Crippen molar-refractivity contribution in [2.24, 2.45) is 0 Å². The highest BCUT2D eigenvalue weighted by Crippen LogP contribution is 2.23. The van der Waals surface area contributed by atoms with Crippen molar-refractivity contribution in [3.05, 3.63) is 76.1 Å². The van der Waals surface area contributed by atoms with Crippen LogP contribution < -0.4 is 5.32 Å². The number of esters is 1. The monoisotopic (exact) mass is 391 g/mol. The molecular weight excluding hydrogens is 366 g/mol. The minimum Gasteiger partial charge on any atom is -0.452 e. The molecule has 0 saturated carbocycles. The molecule has 1 N–H and O–H groups in total. The number of aromatic nitrogens is 2. The normalized spacial score (nSPS) is 10.7. The van der Waals surface area contributed by atoms with E-state index in [0.29, 0.717) is 16.9 Å². The Morgan fingerprint density at radius 3 is 2.38 bits per heavy atom. The van der Waals surface area contributed by atoms with Gasteiger partial charge in [0.05, 0.1) is 28.3 Å². The first-order valence-corrected chi connectivity index (χ1v) is 9.44. The Morgan fingerprint density at radius 1 is 1.00 bits per heavy atom. The molecule has 3 aromatic rings. The van der Waals surface area contributed by atoms with Crippen LogP contribution in [0.5, 0.6) is 0 Å². The molecule has 0 aliphatic heterocycles. The van der Waals surface area contributed by atoms with Crippen molar-refractivity contribution in [3.63, 3.8) is 0 Å². The van der Waals surface area contributed by atoms with E-state index in [1.54, 1.807) is 16.8 Å². The van der Waals surface area contributed by atoms with Gasteiger partial charge in [-0.3, -0.25) is 4.79 Å². The van der Waals surface area contributed by atoms with Gasteiger partial charge in [-0.15, -0.1) is 0 Å². The van der Waals surface area contributed by atoms with Crippen molar-refractivity contribution in [2.75, 3.05) is 11.9 Å². The summed E-state index contributed by atoms with van der Waals surface area (Å²) in [6, 6.07) is 13.4. The molecule has 0 aliphatic rings. The summed E-state index contributed by atoms with van der Waals surface area (Å²) in [5.74, 6) is -0.913. The lowest BCUT2D eigenvalue weighted by Gasteiger charge is -2.10. The zero-order valence-corrected chi connectivity index (χ0v) is 17.4. The maximum Gasteiger partial charge on any atom is 0.338 e. The number of benzene rings is 2. The molecule has 2 aromatic carbocycles. The van der Waals surface area contributed by atoms with Crippen LogP contribution in [-0.2, 0) is 9.53 Å². The number of anilines is 1. The van der Waals surface area contributed by atoms with E-state index < -0.39 is 11.9 Å². The minimum absolute atomic E-state index is 0.360. The van der Waals surface area contributed by atoms with Gasteiger partial charge in [-0.05, 0) is 63.9 Å². The van der Waals surface area contributed by atoms with Crippen LogP contribution >= 0.6 is 0 Å². The average molecular weight is 391 g/mol. The second-order valence-corrected chi connectivity index (χ2v) is 7.16. The van der Waals surface area contributed by atoms with E-state index in [2.05, 4.69) is 10.4 Å². The molecule has 0 atom stereocenters. The topological polar surface area (TPSA) is 73.2 Å². The number of aryl methyl sites for hydroxylation is 3. The van der Waals surface area contributed by atoms with Crippen LogP contribution in [0, 0.1) is 34.6 Å². The highest BCUT2D eigenvalue weighted by Gasteiger charge is 2.17. The molecular formula is C23H25N3O3. The lowest BCUT2D eigenvalue weighted by Crippen LogP contribution is -2.22. The maximum absolute atomic E-state index is 12.4. The number of hydrogen-bond acceptors (Lipinski definition) is 4. The molecule has 0 radical (unpaired) electrons. The average Bonchev–Trinajstić information content (AvgIpc) is 2.97. The summed E-state index contributed by atoms with van der Waals surface area (Å²) in [7, 11) is 0. The minimum atomic E-state index is -0.509. The number of hydrogen-bond donors (Lipinski definition) is 1. The Balaban J connectivity index is 1.69. The van der Waals surface area contributed by atoms with E-state index in [1.807, 2.05) is 65.0 Å². The van der Waals surface area contributed by atoms with E-state index in [1.165, 1.54) is 0 Å². The fourth-order valence-corrected chi connectivity index (χ4v) is 3.12. The Labute approximate surface area is 170 Å². The molecule has 0 aliphatic carbocycles. The molecule has 0 unspecified atom stereocenters. The molecule has 1 heterocycles. The Morgan fingerprint density at radius 2 is 1.69 bits per heavy atom. The van der Waals surface area contributed by atoms with Gasteiger partial charge in [0, 0.05) is 0 Å². The zero-order valence-electron chi connectivity index (χ0n) is 17.4. The van der Waals surface area contributed by atoms with Gasteiger partial charge < -0.3 is 10.1 Å². The third kappa shape index (κ3) is 4.37. The van der Waals surface area contributed by atoms with Gasteiger partial charge in [-0.25, -0.2) is 9.48 Å². The maximum atomic E-state index is 12.4. The zero-order chi connectivity index (χ0) is 21.1. The summed E-state index contributed by atoms with van der Waals surface area (Å²) in [4.78, 5) is 24.7. The van der Waals surface area contributed by atoms with Crippen molar-refractivity contribution < 1.29 is 14.3 Å². The number of rotatable bonds is 5. The van der Waals surface area contributed by atoms with E-state index in [9.17, 15) is 9.59 Å². The molecule has 29 heavy (non-hydrogen) atoms. The molecule has 0 saturated heterocycles. The van der Waals surface area contributed by atoms with Gasteiger partial charge >= 0.3 is 5.97 Å². The van der Waals surface area contributed by atoms with Crippen molar-refractivity contribution in [3.8, 4) is 5.69 Å². The summed E-state index contributed by atoms with van der Waals surface area (Å²) >= 11 is 0. The van der Waals surface area contributed by atoms with Crippen LogP contribution in [0.1, 0.15) is 38.4 Å². The summed E-state index contributed by atoms with van der Waals surface area (Å²) in [5, 5.41) is 7.33. The van der Waals surface area contributed by atoms with Gasteiger partial charge in [-0.1, -0.05) is 29.8 Å². The highest BCUT2D eigenvalue weighted by atomic mass is 16.5. The van der Waals surface area contributed by atoms with E-state index >= 15 is 0 Å². The first-order chi connectivity index (χ1) is 13.8. The fourth-order valence-electron chi connectivity index (χ4n) is 3.12. The highest BCUT2D eigenvalue weighted by molar-refractivity contribution is 5.96. The van der Waals surface area contributed by atoms with Gasteiger partial charge in [0.2, 0.25) is 0 Å².